The SMILES string of the molecule is CCOP(=S)(OCC)O/C(COc1ccc([N+](=O)[O-])cc1)=N\N=C1/C(=O)Nc2ccccc21. The first-order valence-corrected chi connectivity index (χ1v) is 12.4. The van der Waals surface area contributed by atoms with E-state index in [1.165, 1.54) is 24.3 Å². The summed E-state index contributed by atoms with van der Waals surface area (Å²) >= 11 is 5.39. The number of rotatable bonds is 10. The summed E-state index contributed by atoms with van der Waals surface area (Å²) in [6, 6.07) is 12.5. The van der Waals surface area contributed by atoms with Gasteiger partial charge in [-0.15, -0.1) is 10.2 Å². The van der Waals surface area contributed by atoms with E-state index >= 15 is 0 Å². The van der Waals surface area contributed by atoms with E-state index in [0.717, 1.165) is 0 Å². The maximum Gasteiger partial charge on any atom is 0.381 e. The zero-order valence-corrected chi connectivity index (χ0v) is 19.5. The smallest absolute Gasteiger partial charge is 0.381 e. The molecule has 1 heterocycles. The standard InChI is InChI=1S/C20H21N4O7PS/c1-3-29-32(33,30-4-2)31-18(13-28-15-11-9-14(10-12-15)24(26)27)22-23-19-16-7-5-6-8-17(16)21-20(19)25/h5-12H,3-4,13H2,1-2H3,(H,21,23,25)/b22-18-. The summed E-state index contributed by atoms with van der Waals surface area (Å²) in [5.74, 6) is -0.164. The maximum absolute atomic E-state index is 12.3. The van der Waals surface area contributed by atoms with Crippen LogP contribution in [0, 0.1) is 10.1 Å². The van der Waals surface area contributed by atoms with Gasteiger partial charge in [0, 0.05) is 29.5 Å². The molecule has 0 spiro atoms. The van der Waals surface area contributed by atoms with Gasteiger partial charge in [0.2, 0.25) is 0 Å². The van der Waals surface area contributed by atoms with Gasteiger partial charge in [0.05, 0.1) is 23.8 Å². The third kappa shape index (κ3) is 6.42. The first-order valence-electron chi connectivity index (χ1n) is 9.86. The Hall–Kier alpha value is -3.18. The lowest BCUT2D eigenvalue weighted by Crippen LogP contribution is -2.17. The number of hydrogen-bond donors (Lipinski definition) is 1. The zero-order valence-electron chi connectivity index (χ0n) is 17.8. The molecule has 11 nitrogen and oxygen atoms in total. The van der Waals surface area contributed by atoms with E-state index in [-0.39, 0.29) is 37.1 Å². The molecule has 0 radical (unpaired) electrons. The molecule has 174 valence electrons. The molecular formula is C20H21N4O7PS. The van der Waals surface area contributed by atoms with Crippen molar-refractivity contribution in [3.05, 3.63) is 64.2 Å². The summed E-state index contributed by atoms with van der Waals surface area (Å²) in [5.41, 5.74) is 1.24. The summed E-state index contributed by atoms with van der Waals surface area (Å²) in [5, 5.41) is 21.6. The number of para-hydroxylation sites is 1. The number of nitro groups is 1. The lowest BCUT2D eigenvalue weighted by Gasteiger charge is -2.21. The summed E-state index contributed by atoms with van der Waals surface area (Å²) in [6.45, 7) is 0.547. The summed E-state index contributed by atoms with van der Waals surface area (Å²) in [4.78, 5) is 22.6. The van der Waals surface area contributed by atoms with Crippen LogP contribution in [-0.2, 0) is 30.2 Å². The van der Waals surface area contributed by atoms with Crippen LogP contribution in [0.4, 0.5) is 11.4 Å². The van der Waals surface area contributed by atoms with Gasteiger partial charge >= 0.3 is 6.72 Å². The molecule has 2 aromatic rings. The topological polar surface area (TPSA) is 134 Å². The minimum absolute atomic E-state index is 0.0759. The second kappa shape index (κ2) is 11.1. The van der Waals surface area contributed by atoms with Crippen LogP contribution < -0.4 is 10.1 Å². The van der Waals surface area contributed by atoms with Gasteiger partial charge in [-0.3, -0.25) is 24.0 Å². The average molecular weight is 492 g/mol. The Balaban J connectivity index is 1.87. The highest BCUT2D eigenvalue weighted by molar-refractivity contribution is 8.07. The molecule has 1 N–H and O–H groups in total. The van der Waals surface area contributed by atoms with E-state index in [1.807, 2.05) is 0 Å². The lowest BCUT2D eigenvalue weighted by atomic mass is 10.1. The van der Waals surface area contributed by atoms with E-state index in [4.69, 9.17) is 30.1 Å². The van der Waals surface area contributed by atoms with Crippen molar-refractivity contribution in [1.29, 1.82) is 0 Å². The van der Waals surface area contributed by atoms with Gasteiger partial charge in [-0.25, -0.2) is 0 Å². The molecule has 2 aromatic carbocycles. The number of hydrogen-bond acceptors (Lipinski definition) is 10. The number of benzene rings is 2. The highest BCUT2D eigenvalue weighted by Gasteiger charge is 2.27. The Labute approximate surface area is 194 Å². The molecule has 0 aromatic heterocycles. The summed E-state index contributed by atoms with van der Waals surface area (Å²) in [7, 11) is 0. The van der Waals surface area contributed by atoms with Crippen LogP contribution in [-0.4, -0.2) is 42.3 Å². The van der Waals surface area contributed by atoms with Crippen LogP contribution in [0.25, 0.3) is 0 Å². The minimum atomic E-state index is -3.20. The first kappa shape index (κ1) is 24.5. The van der Waals surface area contributed by atoms with Gasteiger partial charge in [-0.1, -0.05) is 18.2 Å². The van der Waals surface area contributed by atoms with Crippen LogP contribution >= 0.6 is 6.72 Å². The molecule has 3 rings (SSSR count). The number of nitrogens with one attached hydrogen (secondary N) is 1. The molecule has 1 aliphatic rings. The zero-order chi connectivity index (χ0) is 23.8. The van der Waals surface area contributed by atoms with Crippen molar-refractivity contribution in [2.75, 3.05) is 25.1 Å². The Kier molecular flexibility index (Phi) is 8.23. The molecule has 0 bridgehead atoms. The van der Waals surface area contributed by atoms with Crippen molar-refractivity contribution >= 4 is 47.4 Å². The monoisotopic (exact) mass is 492 g/mol. The molecule has 0 unspecified atom stereocenters. The van der Waals surface area contributed by atoms with Crippen molar-refractivity contribution < 1.29 is 28.0 Å². The highest BCUT2D eigenvalue weighted by Crippen LogP contribution is 2.50. The van der Waals surface area contributed by atoms with Crippen LogP contribution in [0.3, 0.4) is 0 Å². The molecular weight excluding hydrogens is 471 g/mol. The second-order valence-electron chi connectivity index (χ2n) is 6.36. The van der Waals surface area contributed by atoms with E-state index in [0.29, 0.717) is 17.0 Å². The average Bonchev–Trinajstić information content (AvgIpc) is 3.11. The fraction of sp³-hybridized carbons (Fsp3) is 0.250. The van der Waals surface area contributed by atoms with Crippen LogP contribution in [0.1, 0.15) is 19.4 Å². The summed E-state index contributed by atoms with van der Waals surface area (Å²) in [6.07, 6.45) is 0. The minimum Gasteiger partial charge on any atom is -0.484 e. The quantitative estimate of drug-likeness (QED) is 0.173. The van der Waals surface area contributed by atoms with Gasteiger partial charge in [-0.2, -0.15) is 0 Å². The number of ether oxygens (including phenoxy) is 1. The van der Waals surface area contributed by atoms with Crippen LogP contribution in [0.5, 0.6) is 5.75 Å². The van der Waals surface area contributed by atoms with Crippen molar-refractivity contribution in [3.63, 3.8) is 0 Å². The van der Waals surface area contributed by atoms with Crippen molar-refractivity contribution in [2.24, 2.45) is 10.2 Å². The Morgan fingerprint density at radius 3 is 2.42 bits per heavy atom. The predicted molar refractivity (Wildman–Crippen MR) is 126 cm³/mol. The number of nitro benzene ring substituents is 1. The first-order chi connectivity index (χ1) is 15.8. The molecule has 1 amide bonds. The van der Waals surface area contributed by atoms with Crippen molar-refractivity contribution in [2.45, 2.75) is 13.8 Å². The second-order valence-corrected chi connectivity index (χ2v) is 9.29. The van der Waals surface area contributed by atoms with Crippen LogP contribution in [0.15, 0.2) is 58.7 Å². The number of fused-ring (bicyclic) bond motifs is 1. The number of carbonyl (C=O) groups is 1. The van der Waals surface area contributed by atoms with Crippen molar-refractivity contribution in [1.82, 2.24) is 0 Å². The number of anilines is 1. The molecule has 0 aliphatic carbocycles. The van der Waals surface area contributed by atoms with E-state index in [2.05, 4.69) is 15.5 Å². The van der Waals surface area contributed by atoms with E-state index in [9.17, 15) is 14.9 Å². The third-order valence-corrected chi connectivity index (χ3v) is 6.55. The molecule has 1 aliphatic heterocycles. The van der Waals surface area contributed by atoms with Crippen molar-refractivity contribution in [3.8, 4) is 5.75 Å². The predicted octanol–water partition coefficient (Wildman–Crippen LogP) is 4.04. The van der Waals surface area contributed by atoms with E-state index < -0.39 is 17.5 Å². The molecule has 0 atom stereocenters. The van der Waals surface area contributed by atoms with E-state index in [1.54, 1.807) is 38.1 Å². The number of carbonyl (C=O) groups excluding carboxylic acids is 1. The number of amides is 1. The third-order valence-electron chi connectivity index (χ3n) is 4.11. The number of nitrogens with zero attached hydrogens (tertiary/aromatic N) is 3. The fourth-order valence-corrected chi connectivity index (χ4v) is 4.78. The Morgan fingerprint density at radius 2 is 1.79 bits per heavy atom. The molecule has 0 saturated heterocycles. The Bertz CT molecular complexity index is 1130. The normalized spacial score (nSPS) is 14.7. The van der Waals surface area contributed by atoms with Gasteiger partial charge in [0.1, 0.15) is 5.75 Å². The largest absolute Gasteiger partial charge is 0.484 e. The Morgan fingerprint density at radius 1 is 1.12 bits per heavy atom. The van der Waals surface area contributed by atoms with Gasteiger partial charge in [-0.05, 0) is 32.0 Å². The maximum atomic E-state index is 12.3. The van der Waals surface area contributed by atoms with Crippen LogP contribution in [0.2, 0.25) is 0 Å². The van der Waals surface area contributed by atoms with Gasteiger partial charge in [0.15, 0.2) is 12.3 Å². The van der Waals surface area contributed by atoms with Gasteiger partial charge in [0.25, 0.3) is 17.5 Å². The molecule has 33 heavy (non-hydrogen) atoms. The molecule has 0 fully saturated rings. The highest BCUT2D eigenvalue weighted by atomic mass is 32.5. The van der Waals surface area contributed by atoms with Gasteiger partial charge < -0.3 is 14.6 Å². The lowest BCUT2D eigenvalue weighted by molar-refractivity contribution is -0.384. The molecule has 0 saturated carbocycles. The summed E-state index contributed by atoms with van der Waals surface area (Å²) < 4.78 is 22.3. The molecule has 13 heteroatoms. The number of non-ortho nitro benzene ring substituents is 1. The fourth-order valence-electron chi connectivity index (χ4n) is 2.73.